The molecule has 1 aromatic carbocycles. The van der Waals surface area contributed by atoms with Crippen molar-refractivity contribution in [3.8, 4) is 0 Å². The number of carbonyl (C=O) groups excluding carboxylic acids is 1. The van der Waals surface area contributed by atoms with E-state index < -0.39 is 0 Å². The molecule has 1 amide bonds. The van der Waals surface area contributed by atoms with E-state index in [1.165, 1.54) is 11.3 Å². The highest BCUT2D eigenvalue weighted by Gasteiger charge is 2.40. The van der Waals surface area contributed by atoms with Crippen LogP contribution in [0.5, 0.6) is 0 Å². The molecular formula is C20H22FN3O. The van der Waals surface area contributed by atoms with Crippen LogP contribution < -0.4 is 0 Å². The molecule has 2 fully saturated rings. The van der Waals surface area contributed by atoms with Crippen molar-refractivity contribution >= 4 is 5.91 Å². The molecule has 130 valence electrons. The summed E-state index contributed by atoms with van der Waals surface area (Å²) in [7, 11) is 0. The SMILES string of the molecule is O=C(c1ccc(C2CC2)cc1F)N(C1CC1)C1CCc2[nH]ncc2C1. The fraction of sp³-hybridized carbons (Fsp3) is 0.500. The van der Waals surface area contributed by atoms with E-state index in [0.717, 1.165) is 50.5 Å². The van der Waals surface area contributed by atoms with Gasteiger partial charge in [-0.15, -0.1) is 0 Å². The zero-order valence-electron chi connectivity index (χ0n) is 14.2. The number of rotatable bonds is 4. The molecule has 3 aliphatic carbocycles. The fourth-order valence-electron chi connectivity index (χ4n) is 4.13. The van der Waals surface area contributed by atoms with E-state index in [2.05, 4.69) is 10.2 Å². The third-order valence-electron chi connectivity index (χ3n) is 5.83. The van der Waals surface area contributed by atoms with Crippen LogP contribution in [0.15, 0.2) is 24.4 Å². The van der Waals surface area contributed by atoms with Crippen molar-refractivity contribution in [2.45, 2.75) is 62.9 Å². The molecule has 25 heavy (non-hydrogen) atoms. The summed E-state index contributed by atoms with van der Waals surface area (Å²) in [6.45, 7) is 0. The Morgan fingerprint density at radius 1 is 1.16 bits per heavy atom. The van der Waals surface area contributed by atoms with Gasteiger partial charge in [0.25, 0.3) is 5.91 Å². The first-order valence-corrected chi connectivity index (χ1v) is 9.34. The van der Waals surface area contributed by atoms with Crippen LogP contribution in [0.3, 0.4) is 0 Å². The molecule has 0 saturated heterocycles. The van der Waals surface area contributed by atoms with Crippen molar-refractivity contribution in [2.75, 3.05) is 0 Å². The Morgan fingerprint density at radius 2 is 2.00 bits per heavy atom. The number of hydrogen-bond donors (Lipinski definition) is 1. The first-order chi connectivity index (χ1) is 12.2. The van der Waals surface area contributed by atoms with E-state index in [0.29, 0.717) is 5.92 Å². The minimum absolute atomic E-state index is 0.140. The number of nitrogens with one attached hydrogen (secondary N) is 1. The largest absolute Gasteiger partial charge is 0.332 e. The first-order valence-electron chi connectivity index (χ1n) is 9.34. The van der Waals surface area contributed by atoms with Crippen LogP contribution in [0.4, 0.5) is 4.39 Å². The lowest BCUT2D eigenvalue weighted by Gasteiger charge is -2.34. The quantitative estimate of drug-likeness (QED) is 0.925. The number of nitrogens with zero attached hydrogens (tertiary/aromatic N) is 2. The lowest BCUT2D eigenvalue weighted by atomic mass is 9.91. The highest BCUT2D eigenvalue weighted by Crippen LogP contribution is 2.41. The summed E-state index contributed by atoms with van der Waals surface area (Å²) in [5.41, 5.74) is 3.64. The van der Waals surface area contributed by atoms with E-state index >= 15 is 0 Å². The number of aromatic amines is 1. The number of halogens is 1. The van der Waals surface area contributed by atoms with Crippen LogP contribution in [0.1, 0.15) is 65.2 Å². The maximum absolute atomic E-state index is 14.6. The van der Waals surface area contributed by atoms with Crippen LogP contribution in [-0.2, 0) is 12.8 Å². The molecule has 5 rings (SSSR count). The Kier molecular flexibility index (Phi) is 3.43. The lowest BCUT2D eigenvalue weighted by Crippen LogP contribution is -2.45. The van der Waals surface area contributed by atoms with Crippen molar-refractivity contribution in [2.24, 2.45) is 0 Å². The van der Waals surface area contributed by atoms with Gasteiger partial charge in [0.05, 0.1) is 11.8 Å². The standard InChI is InChI=1S/C20H22FN3O/c21-18-10-13(12-1-2-12)3-7-17(18)20(25)24(15-4-5-15)16-6-8-19-14(9-16)11-22-23-19/h3,7,10-12,15-16H,1-2,4-6,8-9H2,(H,22,23). The smallest absolute Gasteiger partial charge is 0.257 e. The number of hydrogen-bond acceptors (Lipinski definition) is 2. The molecule has 1 atom stereocenters. The first kappa shape index (κ1) is 15.1. The van der Waals surface area contributed by atoms with Gasteiger partial charge in [0.2, 0.25) is 0 Å². The van der Waals surface area contributed by atoms with Crippen LogP contribution in [0.25, 0.3) is 0 Å². The van der Waals surface area contributed by atoms with Crippen LogP contribution >= 0.6 is 0 Å². The van der Waals surface area contributed by atoms with Gasteiger partial charge in [-0.25, -0.2) is 4.39 Å². The van der Waals surface area contributed by atoms with Crippen molar-refractivity contribution in [3.05, 3.63) is 52.6 Å². The maximum atomic E-state index is 14.6. The third kappa shape index (κ3) is 2.75. The van der Waals surface area contributed by atoms with Crippen LogP contribution in [-0.4, -0.2) is 33.1 Å². The number of carbonyl (C=O) groups is 1. The van der Waals surface area contributed by atoms with Gasteiger partial charge in [-0.1, -0.05) is 6.07 Å². The molecular weight excluding hydrogens is 317 g/mol. The number of aromatic nitrogens is 2. The maximum Gasteiger partial charge on any atom is 0.257 e. The Hall–Kier alpha value is -2.17. The zero-order valence-corrected chi connectivity index (χ0v) is 14.2. The van der Waals surface area contributed by atoms with E-state index in [4.69, 9.17) is 0 Å². The Labute approximate surface area is 146 Å². The molecule has 5 heteroatoms. The highest BCUT2D eigenvalue weighted by molar-refractivity contribution is 5.95. The predicted molar refractivity (Wildman–Crippen MR) is 92.0 cm³/mol. The summed E-state index contributed by atoms with van der Waals surface area (Å²) in [4.78, 5) is 15.1. The Bertz CT molecular complexity index is 822. The second-order valence-corrected chi connectivity index (χ2v) is 7.73. The van der Waals surface area contributed by atoms with E-state index in [1.807, 2.05) is 17.2 Å². The Balaban J connectivity index is 1.42. The molecule has 3 aliphatic rings. The molecule has 2 aromatic rings. The lowest BCUT2D eigenvalue weighted by molar-refractivity contribution is 0.0638. The number of fused-ring (bicyclic) bond motifs is 1. The zero-order chi connectivity index (χ0) is 17.0. The van der Waals surface area contributed by atoms with Crippen molar-refractivity contribution < 1.29 is 9.18 Å². The number of amides is 1. The molecule has 1 N–H and O–H groups in total. The summed E-state index contributed by atoms with van der Waals surface area (Å²) < 4.78 is 14.6. The average molecular weight is 339 g/mol. The van der Waals surface area contributed by atoms with Crippen molar-refractivity contribution in [1.29, 1.82) is 0 Å². The average Bonchev–Trinajstić information content (AvgIpc) is 3.53. The molecule has 2 saturated carbocycles. The molecule has 0 spiro atoms. The van der Waals surface area contributed by atoms with E-state index in [-0.39, 0.29) is 29.4 Å². The van der Waals surface area contributed by atoms with Crippen molar-refractivity contribution in [3.63, 3.8) is 0 Å². The van der Waals surface area contributed by atoms with Gasteiger partial charge in [-0.05, 0) is 74.1 Å². The minimum Gasteiger partial charge on any atom is -0.332 e. The normalized spacial score (nSPS) is 22.5. The van der Waals surface area contributed by atoms with E-state index in [9.17, 15) is 9.18 Å². The summed E-state index contributed by atoms with van der Waals surface area (Å²) in [5.74, 6) is -0.00445. The second-order valence-electron chi connectivity index (χ2n) is 7.73. The number of benzene rings is 1. The van der Waals surface area contributed by atoms with Gasteiger partial charge in [0, 0.05) is 17.8 Å². The molecule has 0 radical (unpaired) electrons. The van der Waals surface area contributed by atoms with Crippen LogP contribution in [0, 0.1) is 5.82 Å². The van der Waals surface area contributed by atoms with Gasteiger partial charge >= 0.3 is 0 Å². The van der Waals surface area contributed by atoms with Gasteiger partial charge in [0.15, 0.2) is 0 Å². The molecule has 0 aliphatic heterocycles. The fourth-order valence-corrected chi connectivity index (χ4v) is 4.13. The predicted octanol–water partition coefficient (Wildman–Crippen LogP) is 3.59. The summed E-state index contributed by atoms with van der Waals surface area (Å²) >= 11 is 0. The van der Waals surface area contributed by atoms with E-state index in [1.54, 1.807) is 12.1 Å². The van der Waals surface area contributed by atoms with Gasteiger partial charge in [0.1, 0.15) is 5.82 Å². The van der Waals surface area contributed by atoms with Gasteiger partial charge < -0.3 is 4.90 Å². The molecule has 1 unspecified atom stereocenters. The molecule has 1 heterocycles. The second kappa shape index (κ2) is 5.68. The summed E-state index contributed by atoms with van der Waals surface area (Å²) in [6, 6.07) is 5.63. The number of H-pyrrole nitrogens is 1. The Morgan fingerprint density at radius 3 is 2.72 bits per heavy atom. The summed E-state index contributed by atoms with van der Waals surface area (Å²) in [5, 5.41) is 7.16. The monoisotopic (exact) mass is 339 g/mol. The molecule has 4 nitrogen and oxygen atoms in total. The summed E-state index contributed by atoms with van der Waals surface area (Å²) in [6.07, 6.45) is 8.83. The van der Waals surface area contributed by atoms with Gasteiger partial charge in [-0.2, -0.15) is 5.10 Å². The van der Waals surface area contributed by atoms with Crippen LogP contribution in [0.2, 0.25) is 0 Å². The molecule has 0 bridgehead atoms. The van der Waals surface area contributed by atoms with Gasteiger partial charge in [-0.3, -0.25) is 9.89 Å². The molecule has 1 aromatic heterocycles. The van der Waals surface area contributed by atoms with Crippen molar-refractivity contribution in [1.82, 2.24) is 15.1 Å². The topological polar surface area (TPSA) is 49.0 Å². The number of aryl methyl sites for hydroxylation is 1. The highest BCUT2D eigenvalue weighted by atomic mass is 19.1. The third-order valence-corrected chi connectivity index (χ3v) is 5.83. The minimum atomic E-state index is -0.361.